The number of amides is 3. The number of unbranched alkanes of at least 4 members (excludes halogenated alkanes) is 5. The minimum Gasteiger partial charge on any atom is -0.466 e. The average Bonchev–Trinajstić information content (AvgIpc) is 2.88. The number of nitrogens with zero attached hydrogens (tertiary/aromatic N) is 1. The van der Waals surface area contributed by atoms with E-state index in [0.717, 1.165) is 50.5 Å². The van der Waals surface area contributed by atoms with Gasteiger partial charge in [-0.2, -0.15) is 0 Å². The molecular formula is C30H49N3O6. The molecule has 0 aromatic heterocycles. The molecule has 0 aliphatic carbocycles. The fourth-order valence-electron chi connectivity index (χ4n) is 4.05. The van der Waals surface area contributed by atoms with Gasteiger partial charge in [-0.15, -0.1) is 0 Å². The van der Waals surface area contributed by atoms with Crippen LogP contribution >= 0.6 is 0 Å². The van der Waals surface area contributed by atoms with Crippen molar-refractivity contribution < 1.29 is 28.7 Å². The van der Waals surface area contributed by atoms with Crippen molar-refractivity contribution in [2.45, 2.75) is 105 Å². The van der Waals surface area contributed by atoms with E-state index in [4.69, 9.17) is 9.47 Å². The molecule has 0 aliphatic heterocycles. The number of aryl methyl sites for hydroxylation is 1. The third kappa shape index (κ3) is 14.0. The largest absolute Gasteiger partial charge is 0.466 e. The number of nitrogens with one attached hydrogen (secondary N) is 2. The van der Waals surface area contributed by atoms with Crippen LogP contribution < -0.4 is 10.6 Å². The van der Waals surface area contributed by atoms with E-state index in [0.29, 0.717) is 12.1 Å². The van der Waals surface area contributed by atoms with Gasteiger partial charge in [0.15, 0.2) is 0 Å². The molecular weight excluding hydrogens is 498 g/mol. The Morgan fingerprint density at radius 3 is 2.13 bits per heavy atom. The monoisotopic (exact) mass is 547 g/mol. The van der Waals surface area contributed by atoms with Gasteiger partial charge in [-0.1, -0.05) is 70.2 Å². The van der Waals surface area contributed by atoms with Gasteiger partial charge in [-0.3, -0.25) is 14.4 Å². The lowest BCUT2D eigenvalue weighted by atomic mass is 10.0. The summed E-state index contributed by atoms with van der Waals surface area (Å²) >= 11 is 0. The minimum atomic E-state index is -0.915. The van der Waals surface area contributed by atoms with Crippen molar-refractivity contribution in [3.05, 3.63) is 35.4 Å². The normalized spacial score (nSPS) is 11.8. The van der Waals surface area contributed by atoms with Crippen molar-refractivity contribution in [3.8, 4) is 0 Å². The van der Waals surface area contributed by atoms with Crippen LogP contribution in [0, 0.1) is 0 Å². The molecule has 0 radical (unpaired) electrons. The fraction of sp³-hybridized carbons (Fsp3) is 0.667. The van der Waals surface area contributed by atoms with Crippen LogP contribution in [0.2, 0.25) is 0 Å². The number of hydrogen-bond acceptors (Lipinski definition) is 6. The number of ether oxygens (including phenoxy) is 2. The molecule has 0 fully saturated rings. The molecule has 0 bridgehead atoms. The highest BCUT2D eigenvalue weighted by Crippen LogP contribution is 2.24. The van der Waals surface area contributed by atoms with Crippen molar-refractivity contribution in [1.82, 2.24) is 15.5 Å². The molecule has 1 unspecified atom stereocenters. The lowest BCUT2D eigenvalue weighted by Crippen LogP contribution is -2.48. The Morgan fingerprint density at radius 2 is 1.54 bits per heavy atom. The van der Waals surface area contributed by atoms with E-state index in [1.807, 2.05) is 31.2 Å². The zero-order valence-electron chi connectivity index (χ0n) is 24.8. The third-order valence-corrected chi connectivity index (χ3v) is 6.05. The van der Waals surface area contributed by atoms with Crippen molar-refractivity contribution in [3.63, 3.8) is 0 Å². The van der Waals surface area contributed by atoms with Crippen LogP contribution in [0.4, 0.5) is 4.79 Å². The predicted octanol–water partition coefficient (Wildman–Crippen LogP) is 5.07. The Bertz CT molecular complexity index is 895. The first kappa shape index (κ1) is 33.9. The molecule has 1 rings (SSSR count). The molecule has 0 heterocycles. The summed E-state index contributed by atoms with van der Waals surface area (Å²) in [5.41, 5.74) is 1.08. The molecule has 3 amide bonds. The Morgan fingerprint density at radius 1 is 0.897 bits per heavy atom. The van der Waals surface area contributed by atoms with Gasteiger partial charge >= 0.3 is 12.1 Å². The number of hydrogen-bond donors (Lipinski definition) is 2. The maximum atomic E-state index is 13.5. The number of benzene rings is 1. The van der Waals surface area contributed by atoms with Crippen molar-refractivity contribution in [1.29, 1.82) is 0 Å². The second-order valence-corrected chi connectivity index (χ2v) is 10.6. The molecule has 0 saturated carbocycles. The second kappa shape index (κ2) is 18.2. The number of esters is 1. The quantitative estimate of drug-likeness (QED) is 0.208. The highest BCUT2D eigenvalue weighted by Gasteiger charge is 2.31. The van der Waals surface area contributed by atoms with Gasteiger partial charge in [0.2, 0.25) is 11.8 Å². The first-order chi connectivity index (χ1) is 18.5. The summed E-state index contributed by atoms with van der Waals surface area (Å²) < 4.78 is 10.2. The summed E-state index contributed by atoms with van der Waals surface area (Å²) in [6.07, 6.45) is 6.31. The van der Waals surface area contributed by atoms with E-state index in [9.17, 15) is 19.2 Å². The summed E-state index contributed by atoms with van der Waals surface area (Å²) in [4.78, 5) is 52.5. The van der Waals surface area contributed by atoms with Gasteiger partial charge in [0.25, 0.3) is 0 Å². The smallest absolute Gasteiger partial charge is 0.408 e. The van der Waals surface area contributed by atoms with E-state index < -0.39 is 23.7 Å². The van der Waals surface area contributed by atoms with Crippen LogP contribution in [0.25, 0.3) is 0 Å². The Balaban J connectivity index is 3.16. The van der Waals surface area contributed by atoms with Crippen LogP contribution in [0.3, 0.4) is 0 Å². The lowest BCUT2D eigenvalue weighted by Gasteiger charge is -2.32. The van der Waals surface area contributed by atoms with E-state index in [-0.39, 0.29) is 37.9 Å². The first-order valence-corrected chi connectivity index (χ1v) is 14.3. The Hall–Kier alpha value is -3.10. The molecule has 9 nitrogen and oxygen atoms in total. The molecule has 39 heavy (non-hydrogen) atoms. The molecule has 0 saturated heterocycles. The van der Waals surface area contributed by atoms with Crippen LogP contribution in [0.1, 0.15) is 104 Å². The zero-order valence-corrected chi connectivity index (χ0v) is 24.8. The molecule has 9 heteroatoms. The summed E-state index contributed by atoms with van der Waals surface area (Å²) in [6.45, 7) is 11.6. The molecule has 220 valence electrons. The number of rotatable bonds is 17. The minimum absolute atomic E-state index is 0.0344. The summed E-state index contributed by atoms with van der Waals surface area (Å²) in [5, 5.41) is 5.33. The van der Waals surface area contributed by atoms with E-state index in [1.165, 1.54) is 4.90 Å². The van der Waals surface area contributed by atoms with Gasteiger partial charge in [0.1, 0.15) is 18.2 Å². The maximum absolute atomic E-state index is 13.5. The van der Waals surface area contributed by atoms with Crippen molar-refractivity contribution in [2.75, 3.05) is 26.2 Å². The molecule has 1 aromatic carbocycles. The zero-order chi connectivity index (χ0) is 29.3. The number of alkyl carbamates (subject to hydrolysis) is 1. The van der Waals surface area contributed by atoms with Crippen LogP contribution in [0.5, 0.6) is 0 Å². The second-order valence-electron chi connectivity index (χ2n) is 10.6. The number of carbonyl (C=O) groups excluding carboxylic acids is 4. The standard InChI is InChI=1S/C30H49N3O6/c1-7-10-11-12-13-14-21-33(25(34)22-32-29(37)39-30(4,5)6)27(24-17-15-23(8-2)16-18-24)28(36)31-20-19-26(35)38-9-3/h15-18,27H,7-14,19-22H2,1-6H3,(H,31,36)(H,32,37). The SMILES string of the molecule is CCCCCCCCN(C(=O)CNC(=O)OC(C)(C)C)C(C(=O)NCCC(=O)OCC)c1ccc(CC)cc1. The Labute approximate surface area is 234 Å². The molecule has 0 aliphatic rings. The number of carbonyl (C=O) groups is 4. The Kier molecular flexibility index (Phi) is 15.9. The highest BCUT2D eigenvalue weighted by atomic mass is 16.6. The average molecular weight is 548 g/mol. The van der Waals surface area contributed by atoms with E-state index >= 15 is 0 Å². The lowest BCUT2D eigenvalue weighted by molar-refractivity contribution is -0.143. The van der Waals surface area contributed by atoms with Gasteiger partial charge in [-0.05, 0) is 51.7 Å². The van der Waals surface area contributed by atoms with Crippen molar-refractivity contribution >= 4 is 23.9 Å². The van der Waals surface area contributed by atoms with Crippen molar-refractivity contribution in [2.24, 2.45) is 0 Å². The van der Waals surface area contributed by atoms with Gasteiger partial charge in [0.05, 0.1) is 13.0 Å². The first-order valence-electron chi connectivity index (χ1n) is 14.3. The molecule has 0 spiro atoms. The van der Waals surface area contributed by atoms with Crippen LogP contribution in [-0.4, -0.2) is 60.6 Å². The fourth-order valence-corrected chi connectivity index (χ4v) is 4.05. The molecule has 1 atom stereocenters. The topological polar surface area (TPSA) is 114 Å². The summed E-state index contributed by atoms with van der Waals surface area (Å²) in [6, 6.07) is 6.69. The van der Waals surface area contributed by atoms with Crippen LogP contribution in [0.15, 0.2) is 24.3 Å². The van der Waals surface area contributed by atoms with E-state index in [2.05, 4.69) is 17.6 Å². The predicted molar refractivity (Wildman–Crippen MR) is 152 cm³/mol. The van der Waals surface area contributed by atoms with Gasteiger partial charge in [-0.25, -0.2) is 4.79 Å². The third-order valence-electron chi connectivity index (χ3n) is 6.05. The van der Waals surface area contributed by atoms with Crippen LogP contribution in [-0.2, 0) is 30.3 Å². The van der Waals surface area contributed by atoms with Gasteiger partial charge in [0, 0.05) is 13.1 Å². The summed E-state index contributed by atoms with van der Waals surface area (Å²) in [7, 11) is 0. The molecule has 1 aromatic rings. The summed E-state index contributed by atoms with van der Waals surface area (Å²) in [5.74, 6) is -1.18. The highest BCUT2D eigenvalue weighted by molar-refractivity contribution is 5.90. The van der Waals surface area contributed by atoms with Gasteiger partial charge < -0.3 is 25.0 Å². The maximum Gasteiger partial charge on any atom is 0.408 e. The molecule has 2 N–H and O–H groups in total. The van der Waals surface area contributed by atoms with E-state index in [1.54, 1.807) is 27.7 Å².